The van der Waals surface area contributed by atoms with E-state index < -0.39 is 0 Å². The van der Waals surface area contributed by atoms with Gasteiger partial charge in [-0.15, -0.1) is 11.8 Å². The maximum absolute atomic E-state index is 5.96. The number of hydrogen-bond donors (Lipinski definition) is 1. The fourth-order valence-electron chi connectivity index (χ4n) is 3.39. The molecule has 2 fully saturated rings. The molecule has 1 aromatic rings. The summed E-state index contributed by atoms with van der Waals surface area (Å²) in [7, 11) is 0. The molecule has 86 valence electrons. The van der Waals surface area contributed by atoms with Gasteiger partial charge in [-0.05, 0) is 49.1 Å². The molecule has 0 aliphatic heterocycles. The number of para-hydroxylation sites is 1. The second kappa shape index (κ2) is 4.33. The summed E-state index contributed by atoms with van der Waals surface area (Å²) in [6.45, 7) is 0. The highest BCUT2D eigenvalue weighted by atomic mass is 32.2. The summed E-state index contributed by atoms with van der Waals surface area (Å²) < 4.78 is 0. The molecule has 3 rings (SSSR count). The van der Waals surface area contributed by atoms with E-state index in [9.17, 15) is 0 Å². The number of nitrogen functional groups attached to an aromatic ring is 1. The van der Waals surface area contributed by atoms with Crippen molar-refractivity contribution in [1.29, 1.82) is 0 Å². The van der Waals surface area contributed by atoms with Crippen molar-refractivity contribution in [1.82, 2.24) is 0 Å². The number of thioether (sulfide) groups is 1. The van der Waals surface area contributed by atoms with E-state index >= 15 is 0 Å². The minimum atomic E-state index is 0.940. The SMILES string of the molecule is Nc1ccccc1SCC1CC2CCC1C2. The van der Waals surface area contributed by atoms with Crippen LogP contribution in [0.2, 0.25) is 0 Å². The lowest BCUT2D eigenvalue weighted by atomic mass is 9.90. The van der Waals surface area contributed by atoms with Gasteiger partial charge in [0.1, 0.15) is 0 Å². The van der Waals surface area contributed by atoms with Gasteiger partial charge >= 0.3 is 0 Å². The zero-order valence-electron chi connectivity index (χ0n) is 9.56. The van der Waals surface area contributed by atoms with Gasteiger partial charge in [-0.1, -0.05) is 18.6 Å². The summed E-state index contributed by atoms with van der Waals surface area (Å²) in [5.41, 5.74) is 6.90. The van der Waals surface area contributed by atoms with Gasteiger partial charge in [-0.2, -0.15) is 0 Å². The number of benzene rings is 1. The van der Waals surface area contributed by atoms with Crippen molar-refractivity contribution in [2.45, 2.75) is 30.6 Å². The Morgan fingerprint density at radius 3 is 2.75 bits per heavy atom. The maximum atomic E-state index is 5.96. The quantitative estimate of drug-likeness (QED) is 0.635. The highest BCUT2D eigenvalue weighted by Crippen LogP contribution is 2.49. The molecule has 1 nitrogen and oxygen atoms in total. The average molecular weight is 233 g/mol. The molecule has 3 unspecified atom stereocenters. The fraction of sp³-hybridized carbons (Fsp3) is 0.571. The molecule has 2 bridgehead atoms. The number of anilines is 1. The van der Waals surface area contributed by atoms with E-state index in [4.69, 9.17) is 5.73 Å². The molecule has 2 aliphatic rings. The molecular weight excluding hydrogens is 214 g/mol. The molecule has 16 heavy (non-hydrogen) atoms. The molecule has 2 N–H and O–H groups in total. The molecule has 2 heteroatoms. The fourth-order valence-corrected chi connectivity index (χ4v) is 4.60. The second-order valence-electron chi connectivity index (χ2n) is 5.28. The molecule has 3 atom stereocenters. The molecule has 0 aromatic heterocycles. The molecule has 0 amide bonds. The maximum Gasteiger partial charge on any atom is 0.0452 e. The van der Waals surface area contributed by atoms with E-state index in [-0.39, 0.29) is 0 Å². The summed E-state index contributed by atoms with van der Waals surface area (Å²) in [6.07, 6.45) is 5.97. The van der Waals surface area contributed by atoms with Gasteiger partial charge in [0, 0.05) is 16.3 Å². The van der Waals surface area contributed by atoms with Crippen LogP contribution in [0.25, 0.3) is 0 Å². The molecular formula is C14H19NS. The van der Waals surface area contributed by atoms with E-state index in [0.717, 1.165) is 23.4 Å². The summed E-state index contributed by atoms with van der Waals surface area (Å²) in [5.74, 6) is 4.32. The predicted molar refractivity (Wildman–Crippen MR) is 70.5 cm³/mol. The van der Waals surface area contributed by atoms with E-state index in [2.05, 4.69) is 12.1 Å². The summed E-state index contributed by atoms with van der Waals surface area (Å²) in [5, 5.41) is 0. The van der Waals surface area contributed by atoms with Gasteiger partial charge in [-0.25, -0.2) is 0 Å². The number of fused-ring (bicyclic) bond motifs is 2. The lowest BCUT2D eigenvalue weighted by Gasteiger charge is -2.21. The van der Waals surface area contributed by atoms with E-state index in [1.165, 1.54) is 36.3 Å². The number of nitrogens with two attached hydrogens (primary N) is 1. The molecule has 2 aliphatic carbocycles. The first-order valence-corrected chi connectivity index (χ1v) is 7.29. The van der Waals surface area contributed by atoms with Crippen LogP contribution in [0.3, 0.4) is 0 Å². The van der Waals surface area contributed by atoms with Gasteiger partial charge in [0.05, 0.1) is 0 Å². The van der Waals surface area contributed by atoms with Crippen LogP contribution >= 0.6 is 11.8 Å². The Labute approximate surface area is 102 Å². The van der Waals surface area contributed by atoms with Gasteiger partial charge in [-0.3, -0.25) is 0 Å². The summed E-state index contributed by atoms with van der Waals surface area (Å²) in [6, 6.07) is 8.24. The van der Waals surface area contributed by atoms with Gasteiger partial charge in [0.15, 0.2) is 0 Å². The third kappa shape index (κ3) is 1.95. The van der Waals surface area contributed by atoms with Crippen LogP contribution in [-0.4, -0.2) is 5.75 Å². The molecule has 0 saturated heterocycles. The first kappa shape index (κ1) is 10.5. The average Bonchev–Trinajstić information content (AvgIpc) is 2.90. The standard InChI is InChI=1S/C14H19NS/c15-13-3-1-2-4-14(13)16-9-12-8-10-5-6-11(12)7-10/h1-4,10-12H,5-9,15H2. The minimum absolute atomic E-state index is 0.940. The third-order valence-corrected chi connectivity index (χ3v) is 5.53. The van der Waals surface area contributed by atoms with Crippen molar-refractivity contribution < 1.29 is 0 Å². The number of rotatable bonds is 3. The van der Waals surface area contributed by atoms with Gasteiger partial charge < -0.3 is 5.73 Å². The molecule has 2 saturated carbocycles. The monoisotopic (exact) mass is 233 g/mol. The Bertz CT molecular complexity index is 377. The largest absolute Gasteiger partial charge is 0.398 e. The van der Waals surface area contributed by atoms with E-state index in [0.29, 0.717) is 0 Å². The smallest absolute Gasteiger partial charge is 0.0452 e. The van der Waals surface area contributed by atoms with Crippen molar-refractivity contribution in [3.05, 3.63) is 24.3 Å². The highest BCUT2D eigenvalue weighted by molar-refractivity contribution is 7.99. The van der Waals surface area contributed by atoms with Gasteiger partial charge in [0.2, 0.25) is 0 Å². The Kier molecular flexibility index (Phi) is 2.84. The second-order valence-corrected chi connectivity index (χ2v) is 6.35. The Morgan fingerprint density at radius 2 is 2.06 bits per heavy atom. The Balaban J connectivity index is 1.59. The van der Waals surface area contributed by atoms with E-state index in [1.807, 2.05) is 23.9 Å². The molecule has 1 aromatic carbocycles. The third-order valence-electron chi connectivity index (χ3n) is 4.26. The normalized spacial score (nSPS) is 32.1. The van der Waals surface area contributed by atoms with Crippen molar-refractivity contribution in [2.75, 3.05) is 11.5 Å². The van der Waals surface area contributed by atoms with Crippen LogP contribution in [-0.2, 0) is 0 Å². The minimum Gasteiger partial charge on any atom is -0.398 e. The number of hydrogen-bond acceptors (Lipinski definition) is 2. The molecule has 0 radical (unpaired) electrons. The first-order valence-electron chi connectivity index (χ1n) is 6.30. The Morgan fingerprint density at radius 1 is 1.19 bits per heavy atom. The van der Waals surface area contributed by atoms with E-state index in [1.54, 1.807) is 0 Å². The van der Waals surface area contributed by atoms with Crippen LogP contribution < -0.4 is 5.73 Å². The van der Waals surface area contributed by atoms with Crippen molar-refractivity contribution >= 4 is 17.4 Å². The topological polar surface area (TPSA) is 26.0 Å². The van der Waals surface area contributed by atoms with Crippen LogP contribution in [0.1, 0.15) is 25.7 Å². The van der Waals surface area contributed by atoms with Crippen LogP contribution in [0.5, 0.6) is 0 Å². The van der Waals surface area contributed by atoms with Gasteiger partial charge in [0.25, 0.3) is 0 Å². The molecule has 0 heterocycles. The molecule has 0 spiro atoms. The lowest BCUT2D eigenvalue weighted by molar-refractivity contribution is 0.365. The first-order chi connectivity index (χ1) is 7.83. The van der Waals surface area contributed by atoms with Crippen LogP contribution in [0.4, 0.5) is 5.69 Å². The predicted octanol–water partition coefficient (Wildman–Crippen LogP) is 3.80. The van der Waals surface area contributed by atoms with Crippen molar-refractivity contribution in [3.8, 4) is 0 Å². The lowest BCUT2D eigenvalue weighted by Crippen LogP contribution is -2.12. The van der Waals surface area contributed by atoms with Crippen molar-refractivity contribution in [3.63, 3.8) is 0 Å². The van der Waals surface area contributed by atoms with Crippen LogP contribution in [0, 0.1) is 17.8 Å². The highest BCUT2D eigenvalue weighted by Gasteiger charge is 2.39. The zero-order chi connectivity index (χ0) is 11.0. The van der Waals surface area contributed by atoms with Crippen molar-refractivity contribution in [2.24, 2.45) is 17.8 Å². The summed E-state index contributed by atoms with van der Waals surface area (Å²) in [4.78, 5) is 1.27. The Hall–Kier alpha value is -0.630. The van der Waals surface area contributed by atoms with Crippen LogP contribution in [0.15, 0.2) is 29.2 Å². The zero-order valence-corrected chi connectivity index (χ0v) is 10.4. The summed E-state index contributed by atoms with van der Waals surface area (Å²) >= 11 is 1.96.